The minimum Gasteiger partial charge on any atom is -0.468 e. The van der Waals surface area contributed by atoms with E-state index in [1.807, 2.05) is 24.3 Å². The van der Waals surface area contributed by atoms with Crippen LogP contribution in [-0.2, 0) is 16.0 Å². The van der Waals surface area contributed by atoms with Crippen molar-refractivity contribution in [2.45, 2.75) is 18.5 Å². The number of H-pyrrole nitrogens is 1. The van der Waals surface area contributed by atoms with E-state index in [4.69, 9.17) is 16.3 Å². The van der Waals surface area contributed by atoms with Crippen molar-refractivity contribution in [3.63, 3.8) is 0 Å². The topological polar surface area (TPSA) is 54.1 Å². The molecule has 1 aliphatic heterocycles. The number of nitrogens with one attached hydrogen (secondary N) is 2. The molecule has 4 nitrogen and oxygen atoms in total. The van der Waals surface area contributed by atoms with Gasteiger partial charge in [0.2, 0.25) is 0 Å². The lowest BCUT2D eigenvalue weighted by Gasteiger charge is -2.30. The second kappa shape index (κ2) is 6.17. The maximum absolute atomic E-state index is 14.5. The Hall–Kier alpha value is -2.37. The van der Waals surface area contributed by atoms with Crippen molar-refractivity contribution in [1.82, 2.24) is 10.3 Å². The molecular weight excluding hydrogens is 343 g/mol. The number of aromatic nitrogens is 1. The summed E-state index contributed by atoms with van der Waals surface area (Å²) in [5.41, 5.74) is 3.07. The van der Waals surface area contributed by atoms with E-state index in [1.54, 1.807) is 12.1 Å². The SMILES string of the molecule is COC(=O)[C@H]1Cc2c([nH]c3ccccc23)[C@@H](c2c(F)cccc2Cl)N1. The molecule has 2 N–H and O–H groups in total. The summed E-state index contributed by atoms with van der Waals surface area (Å²) < 4.78 is 19.4. The number of benzene rings is 2. The number of para-hydroxylation sites is 1. The molecule has 1 aliphatic rings. The maximum Gasteiger partial charge on any atom is 0.323 e. The van der Waals surface area contributed by atoms with Crippen LogP contribution in [0.25, 0.3) is 10.9 Å². The summed E-state index contributed by atoms with van der Waals surface area (Å²) in [4.78, 5) is 15.5. The van der Waals surface area contributed by atoms with Crippen LogP contribution >= 0.6 is 11.6 Å². The van der Waals surface area contributed by atoms with Crippen molar-refractivity contribution in [1.29, 1.82) is 0 Å². The summed E-state index contributed by atoms with van der Waals surface area (Å²) in [6.07, 6.45) is 0.467. The highest BCUT2D eigenvalue weighted by atomic mass is 35.5. The predicted octanol–water partition coefficient (Wildman–Crippen LogP) is 3.74. The molecule has 25 heavy (non-hydrogen) atoms. The van der Waals surface area contributed by atoms with E-state index in [-0.39, 0.29) is 5.97 Å². The van der Waals surface area contributed by atoms with Crippen LogP contribution in [0.3, 0.4) is 0 Å². The standard InChI is InChI=1S/C19H16ClFN2O2/c1-25-19(24)15-9-11-10-5-2-3-8-14(10)22-17(11)18(23-15)16-12(20)6-4-7-13(16)21/h2-8,15,18,22-23H,9H2,1H3/t15-,18-/m1/s1. The van der Waals surface area contributed by atoms with Crippen molar-refractivity contribution in [2.75, 3.05) is 7.11 Å². The van der Waals surface area contributed by atoms with Crippen LogP contribution in [0.1, 0.15) is 22.9 Å². The second-order valence-corrected chi connectivity index (χ2v) is 6.48. The minimum absolute atomic E-state index is 0.313. The van der Waals surface area contributed by atoms with Crippen molar-refractivity contribution in [3.05, 3.63) is 70.1 Å². The predicted molar refractivity (Wildman–Crippen MR) is 94.2 cm³/mol. The Morgan fingerprint density at radius 3 is 2.80 bits per heavy atom. The van der Waals surface area contributed by atoms with Crippen molar-refractivity contribution in [3.8, 4) is 0 Å². The second-order valence-electron chi connectivity index (χ2n) is 6.08. The molecule has 0 radical (unpaired) electrons. The monoisotopic (exact) mass is 358 g/mol. The molecule has 1 aromatic heterocycles. The highest BCUT2D eigenvalue weighted by molar-refractivity contribution is 6.31. The lowest BCUT2D eigenvalue weighted by molar-refractivity contribution is -0.143. The molecule has 0 bridgehead atoms. The van der Waals surface area contributed by atoms with E-state index in [9.17, 15) is 9.18 Å². The normalized spacial score (nSPS) is 19.6. The molecule has 2 aromatic carbocycles. The van der Waals surface area contributed by atoms with Crippen LogP contribution in [0.15, 0.2) is 42.5 Å². The number of ether oxygens (including phenoxy) is 1. The first-order chi connectivity index (χ1) is 12.1. The lowest BCUT2D eigenvalue weighted by atomic mass is 9.90. The lowest BCUT2D eigenvalue weighted by Crippen LogP contribution is -2.45. The van der Waals surface area contributed by atoms with Crippen LogP contribution < -0.4 is 5.32 Å². The number of carbonyl (C=O) groups is 1. The van der Waals surface area contributed by atoms with Crippen LogP contribution in [-0.4, -0.2) is 24.1 Å². The molecule has 128 valence electrons. The number of hydrogen-bond acceptors (Lipinski definition) is 3. The number of carbonyl (C=O) groups excluding carboxylic acids is 1. The third kappa shape index (κ3) is 2.60. The zero-order valence-electron chi connectivity index (χ0n) is 13.5. The van der Waals surface area contributed by atoms with Gasteiger partial charge in [-0.3, -0.25) is 10.1 Å². The number of fused-ring (bicyclic) bond motifs is 3. The number of rotatable bonds is 2. The zero-order valence-corrected chi connectivity index (χ0v) is 14.2. The first-order valence-electron chi connectivity index (χ1n) is 7.97. The fourth-order valence-electron chi connectivity index (χ4n) is 3.54. The first-order valence-corrected chi connectivity index (χ1v) is 8.35. The molecule has 0 amide bonds. The van der Waals surface area contributed by atoms with Crippen LogP contribution in [0.4, 0.5) is 4.39 Å². The van der Waals surface area contributed by atoms with E-state index >= 15 is 0 Å². The van der Waals surface area contributed by atoms with Gasteiger partial charge < -0.3 is 9.72 Å². The molecule has 0 aliphatic carbocycles. The van der Waals surface area contributed by atoms with E-state index in [1.165, 1.54) is 13.2 Å². The number of halogens is 2. The van der Waals surface area contributed by atoms with E-state index < -0.39 is 17.9 Å². The van der Waals surface area contributed by atoms with Gasteiger partial charge in [-0.05, 0) is 23.8 Å². The summed E-state index contributed by atoms with van der Waals surface area (Å²) in [5, 5.41) is 4.52. The van der Waals surface area contributed by atoms with Gasteiger partial charge in [0.15, 0.2) is 0 Å². The molecule has 2 atom stereocenters. The Labute approximate surface area is 148 Å². The first kappa shape index (κ1) is 16.1. The number of methoxy groups -OCH3 is 1. The Kier molecular flexibility index (Phi) is 3.98. The number of aromatic amines is 1. The highest BCUT2D eigenvalue weighted by Crippen LogP contribution is 2.38. The summed E-state index contributed by atoms with van der Waals surface area (Å²) in [5.74, 6) is -0.798. The van der Waals surface area contributed by atoms with Crippen molar-refractivity contribution >= 4 is 28.5 Å². The molecule has 3 aromatic rings. The van der Waals surface area contributed by atoms with Gasteiger partial charge in [0.25, 0.3) is 0 Å². The third-order valence-electron chi connectivity index (χ3n) is 4.69. The molecular formula is C19H16ClFN2O2. The van der Waals surface area contributed by atoms with Gasteiger partial charge in [0.05, 0.1) is 13.2 Å². The number of esters is 1. The summed E-state index contributed by atoms with van der Waals surface area (Å²) in [7, 11) is 1.35. The average molecular weight is 359 g/mol. The van der Waals surface area contributed by atoms with Gasteiger partial charge >= 0.3 is 5.97 Å². The van der Waals surface area contributed by atoms with Gasteiger partial charge in [0.1, 0.15) is 11.9 Å². The van der Waals surface area contributed by atoms with Gasteiger partial charge in [-0.1, -0.05) is 35.9 Å². The average Bonchev–Trinajstić information content (AvgIpc) is 2.99. The Morgan fingerprint density at radius 1 is 1.24 bits per heavy atom. The molecule has 0 unspecified atom stereocenters. The molecule has 2 heterocycles. The fourth-order valence-corrected chi connectivity index (χ4v) is 3.81. The smallest absolute Gasteiger partial charge is 0.323 e. The van der Waals surface area contributed by atoms with Crippen molar-refractivity contribution < 1.29 is 13.9 Å². The largest absolute Gasteiger partial charge is 0.468 e. The van der Waals surface area contributed by atoms with Gasteiger partial charge in [0, 0.05) is 33.6 Å². The van der Waals surface area contributed by atoms with Crippen LogP contribution in [0.2, 0.25) is 5.02 Å². The van der Waals surface area contributed by atoms with E-state index in [0.717, 1.165) is 22.2 Å². The van der Waals surface area contributed by atoms with Crippen LogP contribution in [0, 0.1) is 5.82 Å². The van der Waals surface area contributed by atoms with Crippen molar-refractivity contribution in [2.24, 2.45) is 0 Å². The summed E-state index contributed by atoms with van der Waals surface area (Å²) >= 11 is 6.28. The third-order valence-corrected chi connectivity index (χ3v) is 5.02. The maximum atomic E-state index is 14.5. The quantitative estimate of drug-likeness (QED) is 0.686. The summed E-state index contributed by atoms with van der Waals surface area (Å²) in [6, 6.07) is 11.3. The molecule has 0 fully saturated rings. The van der Waals surface area contributed by atoms with Gasteiger partial charge in [-0.15, -0.1) is 0 Å². The fraction of sp³-hybridized carbons (Fsp3) is 0.211. The Balaban J connectivity index is 1.93. The van der Waals surface area contributed by atoms with E-state index in [0.29, 0.717) is 17.0 Å². The van der Waals surface area contributed by atoms with E-state index in [2.05, 4.69) is 10.3 Å². The molecule has 0 spiro atoms. The molecule has 0 saturated carbocycles. The van der Waals surface area contributed by atoms with Gasteiger partial charge in [-0.25, -0.2) is 4.39 Å². The molecule has 4 rings (SSSR count). The number of hydrogen-bond donors (Lipinski definition) is 2. The summed E-state index contributed by atoms with van der Waals surface area (Å²) in [6.45, 7) is 0. The zero-order chi connectivity index (χ0) is 17.6. The molecule has 0 saturated heterocycles. The highest BCUT2D eigenvalue weighted by Gasteiger charge is 2.36. The Bertz CT molecular complexity index is 949. The van der Waals surface area contributed by atoms with Gasteiger partial charge in [-0.2, -0.15) is 0 Å². The Morgan fingerprint density at radius 2 is 2.04 bits per heavy atom. The minimum atomic E-state index is -0.572. The molecule has 6 heteroatoms. The van der Waals surface area contributed by atoms with Crippen LogP contribution in [0.5, 0.6) is 0 Å².